The van der Waals surface area contributed by atoms with Crippen LogP contribution in [0.1, 0.15) is 26.2 Å². The topological polar surface area (TPSA) is 70.2 Å². The second kappa shape index (κ2) is 8.67. The molecule has 1 aromatic heterocycles. The molecule has 0 aliphatic carbocycles. The molecule has 1 aliphatic heterocycles. The molecule has 0 spiro atoms. The van der Waals surface area contributed by atoms with Gasteiger partial charge in [-0.15, -0.1) is 0 Å². The molecule has 1 aromatic carbocycles. The zero-order valence-electron chi connectivity index (χ0n) is 14.6. The zero-order chi connectivity index (χ0) is 17.6. The van der Waals surface area contributed by atoms with Gasteiger partial charge in [-0.1, -0.05) is 15.9 Å². The van der Waals surface area contributed by atoms with Crippen molar-refractivity contribution < 1.29 is 9.53 Å². The van der Waals surface area contributed by atoms with Crippen LogP contribution in [0, 0.1) is 5.92 Å². The van der Waals surface area contributed by atoms with Gasteiger partial charge in [0.15, 0.2) is 0 Å². The Labute approximate surface area is 156 Å². The molecule has 25 heavy (non-hydrogen) atoms. The second-order valence-corrected chi connectivity index (χ2v) is 7.26. The lowest BCUT2D eigenvalue weighted by molar-refractivity contribution is -0.125. The first-order valence-corrected chi connectivity index (χ1v) is 9.72. The lowest BCUT2D eigenvalue weighted by Crippen LogP contribution is -2.43. The molecule has 0 saturated carbocycles. The monoisotopic (exact) mass is 408 g/mol. The summed E-state index contributed by atoms with van der Waals surface area (Å²) in [6.07, 6.45) is 2.78. The number of ether oxygens (including phenoxy) is 1. The summed E-state index contributed by atoms with van der Waals surface area (Å²) in [4.78, 5) is 22.6. The van der Waals surface area contributed by atoms with Gasteiger partial charge < -0.3 is 19.9 Å². The molecule has 7 heteroatoms. The predicted molar refractivity (Wildman–Crippen MR) is 103 cm³/mol. The number of fused-ring (bicyclic) bond motifs is 1. The Balaban J connectivity index is 1.57. The average molecular weight is 409 g/mol. The van der Waals surface area contributed by atoms with E-state index in [1.807, 2.05) is 25.1 Å². The first-order valence-electron chi connectivity index (χ1n) is 8.93. The Hall–Kier alpha value is -1.60. The second-order valence-electron chi connectivity index (χ2n) is 6.35. The lowest BCUT2D eigenvalue weighted by atomic mass is 9.97. The minimum atomic E-state index is 0.0146. The highest BCUT2D eigenvalue weighted by molar-refractivity contribution is 9.10. The van der Waals surface area contributed by atoms with Gasteiger partial charge in [-0.2, -0.15) is 0 Å². The third kappa shape index (κ3) is 4.73. The van der Waals surface area contributed by atoms with E-state index in [0.29, 0.717) is 19.7 Å². The number of anilines is 1. The summed E-state index contributed by atoms with van der Waals surface area (Å²) in [5.74, 6) is 1.00. The smallest absolute Gasteiger partial charge is 0.224 e. The summed E-state index contributed by atoms with van der Waals surface area (Å²) in [5.41, 5.74) is 1.95. The Morgan fingerprint density at radius 3 is 3.24 bits per heavy atom. The van der Waals surface area contributed by atoms with Crippen LogP contribution in [0.5, 0.6) is 0 Å². The van der Waals surface area contributed by atoms with E-state index in [-0.39, 0.29) is 11.8 Å². The maximum Gasteiger partial charge on any atom is 0.224 e. The van der Waals surface area contributed by atoms with Crippen molar-refractivity contribution in [3.63, 3.8) is 0 Å². The zero-order valence-corrected chi connectivity index (χ0v) is 16.1. The number of hydrogen-bond acceptors (Lipinski definition) is 4. The van der Waals surface area contributed by atoms with Crippen molar-refractivity contribution in [3.8, 4) is 0 Å². The number of halogens is 1. The van der Waals surface area contributed by atoms with Gasteiger partial charge in [0.25, 0.3) is 0 Å². The fourth-order valence-electron chi connectivity index (χ4n) is 3.18. The van der Waals surface area contributed by atoms with Gasteiger partial charge >= 0.3 is 0 Å². The highest BCUT2D eigenvalue weighted by Gasteiger charge is 2.27. The Morgan fingerprint density at radius 2 is 2.40 bits per heavy atom. The average Bonchev–Trinajstić information content (AvgIpc) is 3.04. The van der Waals surface area contributed by atoms with Gasteiger partial charge in [-0.25, -0.2) is 4.98 Å². The third-order valence-corrected chi connectivity index (χ3v) is 4.99. The number of aromatic amines is 1. The van der Waals surface area contributed by atoms with Crippen LogP contribution in [0.25, 0.3) is 11.0 Å². The van der Waals surface area contributed by atoms with Gasteiger partial charge in [0.2, 0.25) is 11.9 Å². The van der Waals surface area contributed by atoms with Gasteiger partial charge in [0.05, 0.1) is 17.0 Å². The molecule has 2 aromatic rings. The standard InChI is InChI=1S/C18H25BrN4O2/c1-2-25-10-4-8-20-17(24)13-5-3-9-23(12-13)18-21-15-7-6-14(19)11-16(15)22-18/h6-7,11,13H,2-5,8-10,12H2,1H3,(H,20,24)(H,21,22)/t13-/m0/s1. The van der Waals surface area contributed by atoms with E-state index in [4.69, 9.17) is 4.74 Å². The van der Waals surface area contributed by atoms with Crippen LogP contribution in [-0.4, -0.2) is 48.7 Å². The molecule has 6 nitrogen and oxygen atoms in total. The van der Waals surface area contributed by atoms with Crippen LogP contribution in [0.3, 0.4) is 0 Å². The predicted octanol–water partition coefficient (Wildman–Crippen LogP) is 3.08. The van der Waals surface area contributed by atoms with Crippen LogP contribution < -0.4 is 10.2 Å². The minimum absolute atomic E-state index is 0.0146. The molecular formula is C18H25BrN4O2. The van der Waals surface area contributed by atoms with Crippen molar-refractivity contribution in [2.75, 3.05) is 37.7 Å². The molecule has 0 unspecified atom stereocenters. The van der Waals surface area contributed by atoms with Crippen LogP contribution in [0.2, 0.25) is 0 Å². The van der Waals surface area contributed by atoms with Crippen LogP contribution in [0.15, 0.2) is 22.7 Å². The fourth-order valence-corrected chi connectivity index (χ4v) is 3.54. The number of piperidine rings is 1. The van der Waals surface area contributed by atoms with E-state index < -0.39 is 0 Å². The quantitative estimate of drug-likeness (QED) is 0.690. The number of amides is 1. The minimum Gasteiger partial charge on any atom is -0.382 e. The summed E-state index contributed by atoms with van der Waals surface area (Å²) < 4.78 is 6.32. The summed E-state index contributed by atoms with van der Waals surface area (Å²) in [6, 6.07) is 6.01. The Bertz CT molecular complexity index is 718. The number of carbonyl (C=O) groups excluding carboxylic acids is 1. The lowest BCUT2D eigenvalue weighted by Gasteiger charge is -2.31. The van der Waals surface area contributed by atoms with E-state index in [2.05, 4.69) is 36.1 Å². The highest BCUT2D eigenvalue weighted by Crippen LogP contribution is 2.25. The molecular weight excluding hydrogens is 384 g/mol. The van der Waals surface area contributed by atoms with Crippen LogP contribution in [-0.2, 0) is 9.53 Å². The molecule has 2 heterocycles. The molecule has 0 radical (unpaired) electrons. The van der Waals surface area contributed by atoms with E-state index >= 15 is 0 Å². The van der Waals surface area contributed by atoms with E-state index in [1.54, 1.807) is 0 Å². The number of carbonyl (C=O) groups is 1. The molecule has 3 rings (SSSR count). The van der Waals surface area contributed by atoms with E-state index in [1.165, 1.54) is 0 Å². The highest BCUT2D eigenvalue weighted by atomic mass is 79.9. The Morgan fingerprint density at radius 1 is 1.52 bits per heavy atom. The van der Waals surface area contributed by atoms with Gasteiger partial charge in [-0.3, -0.25) is 4.79 Å². The Kier molecular flexibility index (Phi) is 6.31. The number of rotatable bonds is 7. The van der Waals surface area contributed by atoms with Crippen molar-refractivity contribution in [2.24, 2.45) is 5.92 Å². The number of H-pyrrole nitrogens is 1. The van der Waals surface area contributed by atoms with Crippen molar-refractivity contribution in [2.45, 2.75) is 26.2 Å². The maximum atomic E-state index is 12.4. The van der Waals surface area contributed by atoms with Crippen molar-refractivity contribution in [1.82, 2.24) is 15.3 Å². The third-order valence-electron chi connectivity index (χ3n) is 4.49. The molecule has 1 amide bonds. The maximum absolute atomic E-state index is 12.4. The van der Waals surface area contributed by atoms with Crippen molar-refractivity contribution in [1.29, 1.82) is 0 Å². The number of aromatic nitrogens is 2. The molecule has 1 fully saturated rings. The summed E-state index contributed by atoms with van der Waals surface area (Å²) in [6.45, 7) is 5.70. The molecule has 2 N–H and O–H groups in total. The number of nitrogens with one attached hydrogen (secondary N) is 2. The largest absolute Gasteiger partial charge is 0.382 e. The summed E-state index contributed by atoms with van der Waals surface area (Å²) >= 11 is 3.48. The van der Waals surface area contributed by atoms with Gasteiger partial charge in [0.1, 0.15) is 0 Å². The fraction of sp³-hybridized carbons (Fsp3) is 0.556. The van der Waals surface area contributed by atoms with Crippen LogP contribution in [0.4, 0.5) is 5.95 Å². The van der Waals surface area contributed by atoms with Crippen molar-refractivity contribution in [3.05, 3.63) is 22.7 Å². The van der Waals surface area contributed by atoms with Gasteiger partial charge in [0, 0.05) is 37.3 Å². The first-order chi connectivity index (χ1) is 12.2. The van der Waals surface area contributed by atoms with E-state index in [9.17, 15) is 4.79 Å². The molecule has 1 atom stereocenters. The van der Waals surface area contributed by atoms with Gasteiger partial charge in [-0.05, 0) is 44.4 Å². The molecule has 1 aliphatic rings. The summed E-state index contributed by atoms with van der Waals surface area (Å²) in [5, 5.41) is 3.03. The first kappa shape index (κ1) is 18.2. The molecule has 0 bridgehead atoms. The van der Waals surface area contributed by atoms with Crippen LogP contribution >= 0.6 is 15.9 Å². The van der Waals surface area contributed by atoms with Crippen molar-refractivity contribution >= 4 is 38.8 Å². The van der Waals surface area contributed by atoms with E-state index in [0.717, 1.165) is 53.9 Å². The summed E-state index contributed by atoms with van der Waals surface area (Å²) in [7, 11) is 0. The number of nitrogens with zero attached hydrogens (tertiary/aromatic N) is 2. The number of benzene rings is 1. The molecule has 136 valence electrons. The number of imidazole rings is 1. The molecule has 1 saturated heterocycles. The number of hydrogen-bond donors (Lipinski definition) is 2. The SMILES string of the molecule is CCOCCCNC(=O)[C@H]1CCCN(c2nc3ccc(Br)cc3[nH]2)C1. The normalized spacial score (nSPS) is 17.8.